The first kappa shape index (κ1) is 17.9. The fraction of sp³-hybridized carbons (Fsp3) is 0.857. The van der Waals surface area contributed by atoms with Crippen LogP contribution in [0.25, 0.3) is 0 Å². The average molecular weight is 272 g/mol. The van der Waals surface area contributed by atoms with E-state index < -0.39 is 0 Å². The molecular weight excluding hydrogens is 242 g/mol. The smallest absolute Gasteiger partial charge is 0.265 e. The van der Waals surface area contributed by atoms with E-state index in [9.17, 15) is 4.79 Å². The number of amides is 1. The summed E-state index contributed by atoms with van der Waals surface area (Å²) in [6, 6.07) is 0. The first-order valence-corrected chi connectivity index (χ1v) is 7.41. The van der Waals surface area contributed by atoms with Crippen molar-refractivity contribution < 1.29 is 14.9 Å². The van der Waals surface area contributed by atoms with Crippen LogP contribution in [0.1, 0.15) is 51.4 Å². The lowest BCUT2D eigenvalue weighted by atomic mass is 10.1. The van der Waals surface area contributed by atoms with Gasteiger partial charge in [-0.15, -0.1) is 0 Å². The van der Waals surface area contributed by atoms with E-state index in [1.54, 1.807) is 0 Å². The molecule has 1 amide bonds. The minimum absolute atomic E-state index is 0.328. The van der Waals surface area contributed by atoms with E-state index in [4.69, 9.17) is 5.21 Å². The minimum atomic E-state index is -0.328. The van der Waals surface area contributed by atoms with Crippen LogP contribution in [-0.2, 0) is 4.79 Å². The molecule has 0 atom stereocenters. The standard InChI is InChI=1S/C14H29N3O2/c1-17(2)12-10-8-6-4-3-5-7-9-11-15-14(18)13-16-19/h13,19H,3-12H2,1-2H3,(H,15,18)/p+1/b16-13+. The molecule has 0 rings (SSSR count). The summed E-state index contributed by atoms with van der Waals surface area (Å²) in [6.07, 6.45) is 10.9. The van der Waals surface area contributed by atoms with Gasteiger partial charge in [-0.2, -0.15) is 0 Å². The maximum absolute atomic E-state index is 10.9. The highest BCUT2D eigenvalue weighted by molar-refractivity contribution is 6.25. The van der Waals surface area contributed by atoms with Gasteiger partial charge in [-0.25, -0.2) is 0 Å². The highest BCUT2D eigenvalue weighted by atomic mass is 16.4. The number of nitrogens with one attached hydrogen (secondary N) is 2. The van der Waals surface area contributed by atoms with Gasteiger partial charge in [0.2, 0.25) is 0 Å². The Kier molecular flexibility index (Phi) is 12.6. The normalized spacial score (nSPS) is 11.3. The summed E-state index contributed by atoms with van der Waals surface area (Å²) in [5.74, 6) is -0.328. The van der Waals surface area contributed by atoms with Crippen LogP contribution in [0.5, 0.6) is 0 Å². The molecule has 0 unspecified atom stereocenters. The van der Waals surface area contributed by atoms with Gasteiger partial charge in [-0.1, -0.05) is 37.3 Å². The molecule has 3 N–H and O–H groups in total. The summed E-state index contributed by atoms with van der Waals surface area (Å²) < 4.78 is 0. The second kappa shape index (κ2) is 13.3. The molecular formula is C14H30N3O2+. The van der Waals surface area contributed by atoms with E-state index in [-0.39, 0.29) is 5.91 Å². The van der Waals surface area contributed by atoms with Gasteiger partial charge in [0, 0.05) is 6.54 Å². The third-order valence-electron chi connectivity index (χ3n) is 3.08. The summed E-state index contributed by atoms with van der Waals surface area (Å²) in [7, 11) is 4.40. The number of carbonyl (C=O) groups excluding carboxylic acids is 1. The molecule has 0 aromatic carbocycles. The molecule has 0 aromatic heterocycles. The number of rotatable bonds is 12. The van der Waals surface area contributed by atoms with Crippen LogP contribution < -0.4 is 10.2 Å². The molecule has 19 heavy (non-hydrogen) atoms. The summed E-state index contributed by atoms with van der Waals surface area (Å²) in [6.45, 7) is 1.94. The molecule has 0 spiro atoms. The molecule has 0 saturated carbocycles. The Hall–Kier alpha value is -1.10. The zero-order valence-corrected chi connectivity index (χ0v) is 12.5. The van der Waals surface area contributed by atoms with Crippen molar-refractivity contribution >= 4 is 12.1 Å². The molecule has 0 aliphatic carbocycles. The maximum atomic E-state index is 10.9. The predicted molar refractivity (Wildman–Crippen MR) is 77.9 cm³/mol. The molecule has 0 aliphatic rings. The van der Waals surface area contributed by atoms with E-state index >= 15 is 0 Å². The van der Waals surface area contributed by atoms with Crippen molar-refractivity contribution in [3.05, 3.63) is 0 Å². The van der Waals surface area contributed by atoms with Gasteiger partial charge >= 0.3 is 0 Å². The molecule has 0 radical (unpaired) electrons. The average Bonchev–Trinajstić information content (AvgIpc) is 2.36. The Balaban J connectivity index is 3.09. The van der Waals surface area contributed by atoms with Crippen molar-refractivity contribution in [3.8, 4) is 0 Å². The van der Waals surface area contributed by atoms with Gasteiger partial charge in [0.15, 0.2) is 0 Å². The van der Waals surface area contributed by atoms with Crippen LogP contribution in [0.3, 0.4) is 0 Å². The van der Waals surface area contributed by atoms with E-state index in [0.29, 0.717) is 6.54 Å². The molecule has 0 aliphatic heterocycles. The lowest BCUT2D eigenvalue weighted by Gasteiger charge is -2.06. The summed E-state index contributed by atoms with van der Waals surface area (Å²) in [4.78, 5) is 12.4. The van der Waals surface area contributed by atoms with E-state index in [0.717, 1.165) is 19.1 Å². The predicted octanol–water partition coefficient (Wildman–Crippen LogP) is 0.828. The third kappa shape index (κ3) is 14.8. The van der Waals surface area contributed by atoms with Gasteiger partial charge in [0.25, 0.3) is 5.91 Å². The quantitative estimate of drug-likeness (QED) is 0.213. The number of oxime groups is 1. The van der Waals surface area contributed by atoms with Crippen LogP contribution in [0.2, 0.25) is 0 Å². The Morgan fingerprint density at radius 2 is 1.58 bits per heavy atom. The molecule has 5 heteroatoms. The second-order valence-electron chi connectivity index (χ2n) is 5.32. The molecule has 0 bridgehead atoms. The molecule has 0 fully saturated rings. The maximum Gasteiger partial charge on any atom is 0.265 e. The van der Waals surface area contributed by atoms with Crippen molar-refractivity contribution in [2.45, 2.75) is 51.4 Å². The monoisotopic (exact) mass is 272 g/mol. The Bertz CT molecular complexity index is 243. The van der Waals surface area contributed by atoms with Gasteiger partial charge < -0.3 is 15.4 Å². The Labute approximate surface area is 117 Å². The summed E-state index contributed by atoms with van der Waals surface area (Å²) >= 11 is 0. The molecule has 0 saturated heterocycles. The zero-order chi connectivity index (χ0) is 14.3. The number of carbonyl (C=O) groups is 1. The first-order valence-electron chi connectivity index (χ1n) is 7.41. The molecule has 112 valence electrons. The summed E-state index contributed by atoms with van der Waals surface area (Å²) in [5, 5.41) is 13.5. The van der Waals surface area contributed by atoms with Gasteiger partial charge in [-0.05, 0) is 19.3 Å². The second-order valence-corrected chi connectivity index (χ2v) is 5.32. The van der Waals surface area contributed by atoms with Crippen molar-refractivity contribution in [3.63, 3.8) is 0 Å². The third-order valence-corrected chi connectivity index (χ3v) is 3.08. The van der Waals surface area contributed by atoms with Crippen molar-refractivity contribution in [1.29, 1.82) is 0 Å². The van der Waals surface area contributed by atoms with Crippen LogP contribution in [0.15, 0.2) is 5.16 Å². The number of quaternary nitrogens is 1. The van der Waals surface area contributed by atoms with Crippen LogP contribution in [-0.4, -0.2) is 44.5 Å². The lowest BCUT2D eigenvalue weighted by molar-refractivity contribution is -0.858. The largest absolute Gasteiger partial charge is 0.411 e. The Morgan fingerprint density at radius 3 is 2.11 bits per heavy atom. The van der Waals surface area contributed by atoms with E-state index in [1.165, 1.54) is 50.0 Å². The molecule has 5 nitrogen and oxygen atoms in total. The van der Waals surface area contributed by atoms with Crippen LogP contribution >= 0.6 is 0 Å². The van der Waals surface area contributed by atoms with Gasteiger partial charge in [0.05, 0.1) is 20.6 Å². The van der Waals surface area contributed by atoms with Crippen molar-refractivity contribution in [1.82, 2.24) is 5.32 Å². The fourth-order valence-electron chi connectivity index (χ4n) is 1.97. The zero-order valence-electron chi connectivity index (χ0n) is 12.5. The number of hydrogen-bond acceptors (Lipinski definition) is 3. The SMILES string of the molecule is C[NH+](C)CCCCCCCCCCNC(=O)/C=N/O. The Morgan fingerprint density at radius 1 is 1.05 bits per heavy atom. The minimum Gasteiger partial charge on any atom is -0.411 e. The van der Waals surface area contributed by atoms with Gasteiger partial charge in [0.1, 0.15) is 6.21 Å². The number of unbranched alkanes of at least 4 members (excludes halogenated alkanes) is 7. The first-order chi connectivity index (χ1) is 9.16. The van der Waals surface area contributed by atoms with E-state index in [2.05, 4.69) is 24.6 Å². The molecule has 0 aromatic rings. The fourth-order valence-corrected chi connectivity index (χ4v) is 1.97. The van der Waals surface area contributed by atoms with Gasteiger partial charge in [-0.3, -0.25) is 4.79 Å². The van der Waals surface area contributed by atoms with Crippen molar-refractivity contribution in [2.24, 2.45) is 5.16 Å². The number of nitrogens with zero attached hydrogens (tertiary/aromatic N) is 1. The number of hydrogen-bond donors (Lipinski definition) is 3. The van der Waals surface area contributed by atoms with E-state index in [1.807, 2.05) is 0 Å². The highest BCUT2D eigenvalue weighted by Gasteiger charge is 1.97. The lowest BCUT2D eigenvalue weighted by Crippen LogP contribution is -3.05. The van der Waals surface area contributed by atoms with Crippen molar-refractivity contribution in [2.75, 3.05) is 27.2 Å². The highest BCUT2D eigenvalue weighted by Crippen LogP contribution is 2.07. The van der Waals surface area contributed by atoms with Crippen LogP contribution in [0, 0.1) is 0 Å². The molecule has 0 heterocycles. The summed E-state index contributed by atoms with van der Waals surface area (Å²) in [5.41, 5.74) is 0. The topological polar surface area (TPSA) is 66.1 Å². The van der Waals surface area contributed by atoms with Crippen LogP contribution in [0.4, 0.5) is 0 Å².